The number of hydrogen-bond donors (Lipinski definition) is 0. The molecule has 0 spiro atoms. The second-order valence-electron chi connectivity index (χ2n) is 4.10. The highest BCUT2D eigenvalue weighted by Gasteiger charge is 2.41. The van der Waals surface area contributed by atoms with E-state index in [4.69, 9.17) is 11.6 Å². The number of anilines is 1. The zero-order valence-corrected chi connectivity index (χ0v) is 12.6. The molecule has 10 heteroatoms. The fourth-order valence-corrected chi connectivity index (χ4v) is 3.53. The van der Waals surface area contributed by atoms with Crippen molar-refractivity contribution in [2.45, 2.75) is 0 Å². The molecule has 0 unspecified atom stereocenters. The van der Waals surface area contributed by atoms with Crippen molar-refractivity contribution in [3.8, 4) is 0 Å². The molecule has 0 aliphatic carbocycles. The molecule has 118 valence electrons. The smallest absolute Gasteiger partial charge is 0.425 e. The Balaban J connectivity index is 2.58. The zero-order chi connectivity index (χ0) is 16.5. The van der Waals surface area contributed by atoms with Crippen LogP contribution in [0.25, 0.3) is 0 Å². The van der Waals surface area contributed by atoms with Crippen LogP contribution in [-0.4, -0.2) is 37.9 Å². The van der Waals surface area contributed by atoms with Gasteiger partial charge >= 0.3 is 16.3 Å². The molecule has 2 rings (SSSR count). The molecular formula is C12H10ClFN2O5S. The van der Waals surface area contributed by atoms with Gasteiger partial charge in [0.1, 0.15) is 12.4 Å². The van der Waals surface area contributed by atoms with Crippen molar-refractivity contribution >= 4 is 39.5 Å². The maximum atomic E-state index is 13.1. The van der Waals surface area contributed by atoms with Gasteiger partial charge < -0.3 is 4.74 Å². The summed E-state index contributed by atoms with van der Waals surface area (Å²) in [6.45, 7) is 2.82. The third-order valence-corrected chi connectivity index (χ3v) is 4.77. The summed E-state index contributed by atoms with van der Waals surface area (Å²) >= 11 is 5.81. The third-order valence-electron chi connectivity index (χ3n) is 2.74. The number of carbonyl (C=O) groups is 2. The minimum absolute atomic E-state index is 0.134. The minimum atomic E-state index is -4.59. The van der Waals surface area contributed by atoms with Crippen LogP contribution in [0.15, 0.2) is 30.9 Å². The number of nitrogens with zero attached hydrogens (tertiary/aromatic N) is 2. The molecular weight excluding hydrogens is 339 g/mol. The van der Waals surface area contributed by atoms with Gasteiger partial charge in [0.05, 0.1) is 17.3 Å². The van der Waals surface area contributed by atoms with Crippen LogP contribution in [-0.2, 0) is 19.7 Å². The largest absolute Gasteiger partial charge is 0.447 e. The molecule has 0 saturated carbocycles. The van der Waals surface area contributed by atoms with E-state index in [9.17, 15) is 22.4 Å². The first kappa shape index (κ1) is 16.2. The van der Waals surface area contributed by atoms with Crippen LogP contribution in [0, 0.1) is 5.82 Å². The van der Waals surface area contributed by atoms with Crippen LogP contribution >= 0.6 is 11.6 Å². The van der Waals surface area contributed by atoms with Crippen LogP contribution in [0.1, 0.15) is 0 Å². The molecule has 1 saturated heterocycles. The van der Waals surface area contributed by atoms with E-state index < -0.39 is 28.0 Å². The topological polar surface area (TPSA) is 84.0 Å². The molecule has 0 N–H and O–H groups in total. The van der Waals surface area contributed by atoms with Gasteiger partial charge in [-0.2, -0.15) is 17.0 Å². The lowest BCUT2D eigenvalue weighted by Gasteiger charge is -2.25. The highest BCUT2D eigenvalue weighted by molar-refractivity contribution is 7.91. The number of rotatable bonds is 4. The van der Waals surface area contributed by atoms with Crippen molar-refractivity contribution in [3.63, 3.8) is 0 Å². The van der Waals surface area contributed by atoms with Gasteiger partial charge in [0, 0.05) is 0 Å². The van der Waals surface area contributed by atoms with Crippen LogP contribution in [0.5, 0.6) is 0 Å². The lowest BCUT2D eigenvalue weighted by Crippen LogP contribution is -2.47. The van der Waals surface area contributed by atoms with Gasteiger partial charge in [0.2, 0.25) is 0 Å². The summed E-state index contributed by atoms with van der Waals surface area (Å²) in [6, 6.07) is 2.79. The molecule has 1 aliphatic heterocycles. The minimum Gasteiger partial charge on any atom is -0.447 e. The van der Waals surface area contributed by atoms with Crippen LogP contribution < -0.4 is 4.31 Å². The summed E-state index contributed by atoms with van der Waals surface area (Å²) in [5.41, 5.74) is -0.298. The summed E-state index contributed by atoms with van der Waals surface area (Å²) in [7, 11) is -4.59. The highest BCUT2D eigenvalue weighted by atomic mass is 35.5. The summed E-state index contributed by atoms with van der Waals surface area (Å²) in [5.74, 6) is -1.76. The average molecular weight is 349 g/mol. The van der Waals surface area contributed by atoms with E-state index in [1.807, 2.05) is 0 Å². The van der Waals surface area contributed by atoms with Gasteiger partial charge in [-0.15, -0.1) is 0 Å². The first-order chi connectivity index (χ1) is 10.3. The standard InChI is InChI=1S/C12H10ClFN2O5S/c1-2-11(17)16(10-4-3-8(14)7-9(10)13)22(19,20)15-5-6-21-12(15)18/h2-4,7H,1,5-6H2. The van der Waals surface area contributed by atoms with Crippen molar-refractivity contribution in [1.82, 2.24) is 4.31 Å². The van der Waals surface area contributed by atoms with Crippen LogP contribution in [0.3, 0.4) is 0 Å². The molecule has 0 atom stereocenters. The van der Waals surface area contributed by atoms with Gasteiger partial charge in [0.25, 0.3) is 5.91 Å². The Bertz CT molecular complexity index is 752. The number of halogens is 2. The second-order valence-corrected chi connectivity index (χ2v) is 6.21. The summed E-state index contributed by atoms with van der Waals surface area (Å²) < 4.78 is 43.3. The van der Waals surface area contributed by atoms with Crippen molar-refractivity contribution in [3.05, 3.63) is 41.7 Å². The summed E-state index contributed by atoms with van der Waals surface area (Å²) in [6.07, 6.45) is -0.376. The van der Waals surface area contributed by atoms with Gasteiger partial charge in [-0.3, -0.25) is 4.79 Å². The van der Waals surface area contributed by atoms with Gasteiger partial charge in [-0.05, 0) is 24.3 Å². The van der Waals surface area contributed by atoms with E-state index >= 15 is 0 Å². The molecule has 0 radical (unpaired) electrons. The fraction of sp³-hybridized carbons (Fsp3) is 0.167. The second kappa shape index (κ2) is 5.93. The fourth-order valence-electron chi connectivity index (χ4n) is 1.77. The van der Waals surface area contributed by atoms with Crippen molar-refractivity contribution in [2.24, 2.45) is 0 Å². The maximum Gasteiger partial charge on any atom is 0.425 e. The van der Waals surface area contributed by atoms with Crippen molar-refractivity contribution in [2.75, 3.05) is 17.5 Å². The van der Waals surface area contributed by atoms with Gasteiger partial charge in [0.15, 0.2) is 0 Å². The van der Waals surface area contributed by atoms with Crippen LogP contribution in [0.4, 0.5) is 14.9 Å². The average Bonchev–Trinajstić information content (AvgIpc) is 2.88. The molecule has 1 aromatic carbocycles. The molecule has 1 aliphatic rings. The number of ether oxygens (including phenoxy) is 1. The lowest BCUT2D eigenvalue weighted by atomic mass is 10.3. The van der Waals surface area contributed by atoms with E-state index in [1.54, 1.807) is 0 Å². The summed E-state index contributed by atoms with van der Waals surface area (Å²) in [5, 5.41) is -0.314. The zero-order valence-electron chi connectivity index (χ0n) is 11.0. The predicted octanol–water partition coefficient (Wildman–Crippen LogP) is 1.70. The summed E-state index contributed by atoms with van der Waals surface area (Å²) in [4.78, 5) is 23.4. The van der Waals surface area contributed by atoms with E-state index in [1.165, 1.54) is 0 Å². The van der Waals surface area contributed by atoms with Crippen molar-refractivity contribution in [1.29, 1.82) is 0 Å². The first-order valence-electron chi connectivity index (χ1n) is 5.90. The van der Waals surface area contributed by atoms with E-state index in [0.29, 0.717) is 4.31 Å². The lowest BCUT2D eigenvalue weighted by molar-refractivity contribution is -0.113. The number of carbonyl (C=O) groups excluding carboxylic acids is 2. The number of amides is 2. The Morgan fingerprint density at radius 1 is 1.50 bits per heavy atom. The Morgan fingerprint density at radius 2 is 2.18 bits per heavy atom. The SMILES string of the molecule is C=CC(=O)N(c1ccc(F)cc1Cl)S(=O)(=O)N1CCOC1=O. The third kappa shape index (κ3) is 2.77. The van der Waals surface area contributed by atoms with E-state index in [2.05, 4.69) is 11.3 Å². The monoisotopic (exact) mass is 348 g/mol. The Hall–Kier alpha value is -2.13. The number of benzene rings is 1. The molecule has 1 aromatic rings. The number of cyclic esters (lactones) is 1. The molecule has 22 heavy (non-hydrogen) atoms. The molecule has 1 fully saturated rings. The first-order valence-corrected chi connectivity index (χ1v) is 7.67. The predicted molar refractivity (Wildman–Crippen MR) is 76.1 cm³/mol. The molecule has 1 heterocycles. The maximum absolute atomic E-state index is 13.1. The van der Waals surface area contributed by atoms with E-state index in [0.717, 1.165) is 24.3 Å². The molecule has 0 aromatic heterocycles. The van der Waals surface area contributed by atoms with Crippen LogP contribution in [0.2, 0.25) is 5.02 Å². The van der Waals surface area contributed by atoms with Gasteiger partial charge in [-0.1, -0.05) is 18.2 Å². The van der Waals surface area contributed by atoms with Gasteiger partial charge in [-0.25, -0.2) is 9.18 Å². The quantitative estimate of drug-likeness (QED) is 0.773. The Labute approximate surface area is 130 Å². The van der Waals surface area contributed by atoms with E-state index in [-0.39, 0.29) is 28.2 Å². The Morgan fingerprint density at radius 3 is 2.68 bits per heavy atom. The molecule has 2 amide bonds. The highest BCUT2D eigenvalue weighted by Crippen LogP contribution is 2.30. The normalized spacial score (nSPS) is 14.6. The molecule has 7 nitrogen and oxygen atoms in total. The van der Waals surface area contributed by atoms with Crippen molar-refractivity contribution < 1.29 is 27.1 Å². The molecule has 0 bridgehead atoms. The Kier molecular flexibility index (Phi) is 4.38. The number of hydrogen-bond acceptors (Lipinski definition) is 5.